The molecule has 4 heterocycles. The van der Waals surface area contributed by atoms with Crippen molar-refractivity contribution in [3.63, 3.8) is 0 Å². The molecule has 7 rings (SSSR count). The van der Waals surface area contributed by atoms with E-state index in [2.05, 4.69) is 15.2 Å². The fraction of sp³-hybridized carbons (Fsp3) is 0.121. The van der Waals surface area contributed by atoms with Gasteiger partial charge in [0.2, 0.25) is 0 Å². The zero-order valence-corrected chi connectivity index (χ0v) is 26.8. The van der Waals surface area contributed by atoms with Crippen molar-refractivity contribution in [2.45, 2.75) is 24.3 Å². The van der Waals surface area contributed by atoms with E-state index in [0.717, 1.165) is 16.8 Å². The van der Waals surface area contributed by atoms with Crippen LogP contribution in [0, 0.1) is 6.92 Å². The highest BCUT2D eigenvalue weighted by Gasteiger charge is 2.27. The van der Waals surface area contributed by atoms with E-state index >= 15 is 0 Å². The zero-order chi connectivity index (χ0) is 31.2. The van der Waals surface area contributed by atoms with Crippen LogP contribution in [0.4, 0.5) is 0 Å². The Labute approximate surface area is 270 Å². The van der Waals surface area contributed by atoms with Gasteiger partial charge in [0.25, 0.3) is 11.1 Å². The molecule has 1 N–H and O–H groups in total. The van der Waals surface area contributed by atoms with Crippen molar-refractivity contribution >= 4 is 44.9 Å². The molecule has 0 aliphatic carbocycles. The first-order chi connectivity index (χ1) is 21.8. The quantitative estimate of drug-likeness (QED) is 0.183. The van der Waals surface area contributed by atoms with Crippen LogP contribution < -0.4 is 11.1 Å². The highest BCUT2D eigenvalue weighted by atomic mass is 35.5. The molecular formula is C33H26ClN7O2S2. The maximum atomic E-state index is 14.2. The molecule has 0 aliphatic rings. The summed E-state index contributed by atoms with van der Waals surface area (Å²) in [4.78, 5) is 36.1. The van der Waals surface area contributed by atoms with E-state index in [-0.39, 0.29) is 16.4 Å². The molecule has 1 atom stereocenters. The molecule has 9 nitrogen and oxygen atoms in total. The second kappa shape index (κ2) is 11.7. The molecule has 12 heteroatoms. The second-order valence-corrected chi connectivity index (χ2v) is 13.0. The molecule has 0 radical (unpaired) electrons. The van der Waals surface area contributed by atoms with Gasteiger partial charge < -0.3 is 4.98 Å². The smallest absolute Gasteiger partial charge is 0.296 e. The van der Waals surface area contributed by atoms with Crippen molar-refractivity contribution in [3.05, 3.63) is 128 Å². The van der Waals surface area contributed by atoms with E-state index in [1.165, 1.54) is 23.1 Å². The Morgan fingerprint density at radius 3 is 2.33 bits per heavy atom. The number of hydrogen-bond donors (Lipinski definition) is 1. The average Bonchev–Trinajstić information content (AvgIpc) is 3.72. The third kappa shape index (κ3) is 5.02. The van der Waals surface area contributed by atoms with Crippen LogP contribution in [0.25, 0.3) is 44.1 Å². The van der Waals surface area contributed by atoms with E-state index in [0.29, 0.717) is 49.0 Å². The Balaban J connectivity index is 1.35. The summed E-state index contributed by atoms with van der Waals surface area (Å²) in [5, 5.41) is 12.2. The number of aromatic amines is 1. The van der Waals surface area contributed by atoms with Crippen LogP contribution in [-0.2, 0) is 7.05 Å². The van der Waals surface area contributed by atoms with Crippen LogP contribution in [-0.4, -0.2) is 34.1 Å². The lowest BCUT2D eigenvalue weighted by Gasteiger charge is -2.13. The maximum Gasteiger partial charge on any atom is 0.296 e. The van der Waals surface area contributed by atoms with Crippen molar-refractivity contribution in [1.82, 2.24) is 34.1 Å². The highest BCUT2D eigenvalue weighted by Crippen LogP contribution is 2.38. The summed E-state index contributed by atoms with van der Waals surface area (Å²) in [7, 11) is 1.84. The molecule has 4 aromatic heterocycles. The zero-order valence-electron chi connectivity index (χ0n) is 24.4. The number of thioether (sulfide) groups is 1. The molecule has 0 amide bonds. The Hall–Kier alpha value is -4.71. The summed E-state index contributed by atoms with van der Waals surface area (Å²) in [5.41, 5.74) is 3.87. The Morgan fingerprint density at radius 2 is 1.60 bits per heavy atom. The van der Waals surface area contributed by atoms with Gasteiger partial charge in [0.1, 0.15) is 16.3 Å². The van der Waals surface area contributed by atoms with Crippen LogP contribution in [0.3, 0.4) is 0 Å². The first-order valence-electron chi connectivity index (χ1n) is 14.1. The van der Waals surface area contributed by atoms with E-state index in [9.17, 15) is 9.59 Å². The second-order valence-electron chi connectivity index (χ2n) is 10.4. The molecule has 0 fully saturated rings. The summed E-state index contributed by atoms with van der Waals surface area (Å²) in [6.45, 7) is 3.83. The van der Waals surface area contributed by atoms with E-state index < -0.39 is 0 Å². The Kier molecular flexibility index (Phi) is 7.52. The summed E-state index contributed by atoms with van der Waals surface area (Å²) in [5.74, 6) is 0.934. The van der Waals surface area contributed by atoms with Gasteiger partial charge in [-0.3, -0.25) is 18.8 Å². The highest BCUT2D eigenvalue weighted by molar-refractivity contribution is 7.99. The summed E-state index contributed by atoms with van der Waals surface area (Å²) >= 11 is 9.42. The average molecular weight is 652 g/mol. The minimum absolute atomic E-state index is 0.203. The fourth-order valence-corrected chi connectivity index (χ4v) is 7.46. The lowest BCUT2D eigenvalue weighted by Crippen LogP contribution is -2.22. The van der Waals surface area contributed by atoms with Gasteiger partial charge in [0, 0.05) is 23.6 Å². The largest absolute Gasteiger partial charge is 0.309 e. The summed E-state index contributed by atoms with van der Waals surface area (Å²) in [6, 6.07) is 26.6. The number of rotatable bonds is 7. The molecule has 0 saturated carbocycles. The van der Waals surface area contributed by atoms with E-state index in [1.54, 1.807) is 15.3 Å². The number of benzene rings is 3. The van der Waals surface area contributed by atoms with Gasteiger partial charge in [0.15, 0.2) is 11.0 Å². The first kappa shape index (κ1) is 29.0. The van der Waals surface area contributed by atoms with Crippen LogP contribution in [0.15, 0.2) is 105 Å². The molecule has 0 spiro atoms. The minimum Gasteiger partial charge on any atom is -0.309 e. The molecule has 0 saturated heterocycles. The van der Waals surface area contributed by atoms with E-state index in [4.69, 9.17) is 16.6 Å². The number of H-pyrrole nitrogens is 1. The number of hydrogen-bond acceptors (Lipinski definition) is 7. The van der Waals surface area contributed by atoms with Crippen LogP contribution in [0.2, 0.25) is 5.02 Å². The van der Waals surface area contributed by atoms with Gasteiger partial charge in [-0.25, -0.2) is 9.67 Å². The van der Waals surface area contributed by atoms with Gasteiger partial charge >= 0.3 is 0 Å². The Bertz CT molecular complexity index is 2300. The fourth-order valence-electron chi connectivity index (χ4n) is 5.38. The number of para-hydroxylation sites is 1. The third-order valence-electron chi connectivity index (χ3n) is 7.71. The predicted molar refractivity (Wildman–Crippen MR) is 181 cm³/mol. The van der Waals surface area contributed by atoms with Crippen LogP contribution in [0.1, 0.15) is 23.7 Å². The lowest BCUT2D eigenvalue weighted by atomic mass is 10.1. The number of nitrogens with zero attached hydrogens (tertiary/aromatic N) is 6. The number of aromatic nitrogens is 7. The summed E-state index contributed by atoms with van der Waals surface area (Å²) < 4.78 is 5.19. The molecule has 1 unspecified atom stereocenters. The topological polar surface area (TPSA) is 103 Å². The van der Waals surface area contributed by atoms with E-state index in [1.807, 2.05) is 110 Å². The monoisotopic (exact) mass is 651 g/mol. The number of fused-ring (bicyclic) bond motifs is 1. The van der Waals surface area contributed by atoms with Crippen LogP contribution >= 0.6 is 34.7 Å². The van der Waals surface area contributed by atoms with Gasteiger partial charge in [-0.1, -0.05) is 84.0 Å². The molecular weight excluding hydrogens is 626 g/mol. The van der Waals surface area contributed by atoms with Crippen molar-refractivity contribution < 1.29 is 0 Å². The number of nitrogens with one attached hydrogen (secondary N) is 1. The minimum atomic E-state index is -0.341. The predicted octanol–water partition coefficient (Wildman–Crippen LogP) is 7.20. The van der Waals surface area contributed by atoms with Crippen molar-refractivity contribution in [3.8, 4) is 33.9 Å². The van der Waals surface area contributed by atoms with Crippen molar-refractivity contribution in [1.29, 1.82) is 0 Å². The molecule has 0 bridgehead atoms. The molecule has 0 aliphatic heterocycles. The van der Waals surface area contributed by atoms with Gasteiger partial charge in [-0.15, -0.1) is 21.5 Å². The number of halogens is 1. The van der Waals surface area contributed by atoms with Crippen molar-refractivity contribution in [2.75, 3.05) is 0 Å². The number of thiophene rings is 1. The molecule has 7 aromatic rings. The molecule has 45 heavy (non-hydrogen) atoms. The maximum absolute atomic E-state index is 14.2. The van der Waals surface area contributed by atoms with Gasteiger partial charge in [-0.05, 0) is 43.7 Å². The SMILES string of the molecule is Cc1c(-n2c(SC(C)c3nc4scc(-c5ccccc5)c4c(=O)[nH]3)nnc2-c2ccccc2Cl)c(=O)n(-c2ccccc2)n1C. The van der Waals surface area contributed by atoms with Crippen molar-refractivity contribution in [2.24, 2.45) is 7.05 Å². The van der Waals surface area contributed by atoms with Gasteiger partial charge in [0.05, 0.1) is 27.0 Å². The van der Waals surface area contributed by atoms with Crippen LogP contribution in [0.5, 0.6) is 0 Å². The lowest BCUT2D eigenvalue weighted by molar-refractivity contribution is 0.630. The standard InChI is InChI=1S/C33H26ClN7O2S2/c1-19-27(32(43)41(39(19)3)22-14-8-5-9-15-22)40-29(23-16-10-11-17-25(23)34)37-38-33(40)45-20(2)28-35-30(42)26-24(18-44-31(26)36-28)21-12-6-4-7-13-21/h4-18,20H,1-3H3,(H,35,36,42). The normalized spacial score (nSPS) is 12.2. The van der Waals surface area contributed by atoms with Gasteiger partial charge in [-0.2, -0.15) is 0 Å². The summed E-state index contributed by atoms with van der Waals surface area (Å²) in [6.07, 6.45) is 0. The third-order valence-corrected chi connectivity index (χ3v) is 9.96. The Morgan fingerprint density at radius 1 is 0.911 bits per heavy atom. The molecule has 224 valence electrons. The molecule has 3 aromatic carbocycles. The first-order valence-corrected chi connectivity index (χ1v) is 16.3.